The SMILES string of the molecule is CCC1CC1C(O)CC1CC1. The molecule has 0 heterocycles. The molecule has 2 rings (SSSR count). The summed E-state index contributed by atoms with van der Waals surface area (Å²) >= 11 is 0. The molecule has 3 unspecified atom stereocenters. The van der Waals surface area contributed by atoms with E-state index in [1.807, 2.05) is 0 Å². The zero-order chi connectivity index (χ0) is 7.84. The molecule has 1 heteroatoms. The quantitative estimate of drug-likeness (QED) is 0.658. The summed E-state index contributed by atoms with van der Waals surface area (Å²) in [7, 11) is 0. The smallest absolute Gasteiger partial charge is 0.0573 e. The van der Waals surface area contributed by atoms with Crippen LogP contribution in [0.25, 0.3) is 0 Å². The Morgan fingerprint density at radius 2 is 2.18 bits per heavy atom. The lowest BCUT2D eigenvalue weighted by Crippen LogP contribution is -2.11. The minimum Gasteiger partial charge on any atom is -0.393 e. The third-order valence-corrected chi connectivity index (χ3v) is 3.27. The predicted octanol–water partition coefficient (Wildman–Crippen LogP) is 2.19. The average molecular weight is 154 g/mol. The number of hydrogen-bond donors (Lipinski definition) is 1. The van der Waals surface area contributed by atoms with Crippen molar-refractivity contribution in [3.63, 3.8) is 0 Å². The van der Waals surface area contributed by atoms with E-state index in [-0.39, 0.29) is 6.10 Å². The van der Waals surface area contributed by atoms with Crippen molar-refractivity contribution in [3.8, 4) is 0 Å². The summed E-state index contributed by atoms with van der Waals surface area (Å²) in [5.41, 5.74) is 0. The standard InChI is InChI=1S/C10H18O/c1-2-8-6-9(8)10(11)5-7-3-4-7/h7-11H,2-6H2,1H3. The van der Waals surface area contributed by atoms with Gasteiger partial charge in [-0.15, -0.1) is 0 Å². The topological polar surface area (TPSA) is 20.2 Å². The number of rotatable bonds is 4. The summed E-state index contributed by atoms with van der Waals surface area (Å²) in [4.78, 5) is 0. The lowest BCUT2D eigenvalue weighted by molar-refractivity contribution is 0.128. The zero-order valence-electron chi connectivity index (χ0n) is 7.29. The fourth-order valence-corrected chi connectivity index (χ4v) is 2.08. The van der Waals surface area contributed by atoms with Gasteiger partial charge in [-0.2, -0.15) is 0 Å². The van der Waals surface area contributed by atoms with Gasteiger partial charge in [-0.1, -0.05) is 26.2 Å². The second-order valence-electron chi connectivity index (χ2n) is 4.31. The molecule has 1 nitrogen and oxygen atoms in total. The molecule has 0 aromatic rings. The molecule has 0 aliphatic heterocycles. The molecule has 0 saturated heterocycles. The number of aliphatic hydroxyl groups excluding tert-OH is 1. The van der Waals surface area contributed by atoms with Crippen LogP contribution >= 0.6 is 0 Å². The van der Waals surface area contributed by atoms with Gasteiger partial charge in [-0.3, -0.25) is 0 Å². The van der Waals surface area contributed by atoms with Crippen LogP contribution in [-0.2, 0) is 0 Å². The third kappa shape index (κ3) is 1.76. The first-order valence-electron chi connectivity index (χ1n) is 4.99. The van der Waals surface area contributed by atoms with Crippen molar-refractivity contribution in [1.82, 2.24) is 0 Å². The van der Waals surface area contributed by atoms with E-state index in [0.29, 0.717) is 5.92 Å². The molecule has 0 amide bonds. The monoisotopic (exact) mass is 154 g/mol. The summed E-state index contributed by atoms with van der Waals surface area (Å²) in [6, 6.07) is 0. The van der Waals surface area contributed by atoms with Crippen molar-refractivity contribution in [2.45, 2.75) is 45.1 Å². The van der Waals surface area contributed by atoms with E-state index in [0.717, 1.165) is 18.3 Å². The molecule has 64 valence electrons. The maximum atomic E-state index is 9.70. The van der Waals surface area contributed by atoms with E-state index in [9.17, 15) is 5.11 Å². The Bertz CT molecular complexity index is 140. The summed E-state index contributed by atoms with van der Waals surface area (Å²) in [5, 5.41) is 9.70. The Balaban J connectivity index is 1.68. The van der Waals surface area contributed by atoms with E-state index in [1.165, 1.54) is 25.7 Å². The first-order valence-corrected chi connectivity index (χ1v) is 4.99. The first-order chi connectivity index (χ1) is 5.31. The van der Waals surface area contributed by atoms with Gasteiger partial charge in [0.05, 0.1) is 6.10 Å². The van der Waals surface area contributed by atoms with Gasteiger partial charge in [0.15, 0.2) is 0 Å². The van der Waals surface area contributed by atoms with Gasteiger partial charge < -0.3 is 5.11 Å². The molecule has 1 N–H and O–H groups in total. The molecule has 2 aliphatic rings. The molecule has 2 fully saturated rings. The highest BCUT2D eigenvalue weighted by Gasteiger charge is 2.42. The number of hydrogen-bond acceptors (Lipinski definition) is 1. The van der Waals surface area contributed by atoms with Crippen molar-refractivity contribution in [3.05, 3.63) is 0 Å². The first kappa shape index (κ1) is 7.60. The Labute approximate surface area is 68.8 Å². The van der Waals surface area contributed by atoms with E-state index >= 15 is 0 Å². The van der Waals surface area contributed by atoms with Crippen molar-refractivity contribution in [2.75, 3.05) is 0 Å². The minimum atomic E-state index is 0.0486. The number of aliphatic hydroxyl groups is 1. The van der Waals surface area contributed by atoms with Gasteiger partial charge in [0.2, 0.25) is 0 Å². The Morgan fingerprint density at radius 1 is 1.45 bits per heavy atom. The van der Waals surface area contributed by atoms with Crippen LogP contribution in [0.5, 0.6) is 0 Å². The van der Waals surface area contributed by atoms with Crippen LogP contribution in [0.3, 0.4) is 0 Å². The fourth-order valence-electron chi connectivity index (χ4n) is 2.08. The van der Waals surface area contributed by atoms with Crippen molar-refractivity contribution < 1.29 is 5.11 Å². The van der Waals surface area contributed by atoms with Crippen molar-refractivity contribution >= 4 is 0 Å². The molecule has 0 aromatic carbocycles. The second kappa shape index (κ2) is 2.78. The zero-order valence-corrected chi connectivity index (χ0v) is 7.29. The van der Waals surface area contributed by atoms with Crippen LogP contribution in [0.1, 0.15) is 39.0 Å². The van der Waals surface area contributed by atoms with Gasteiger partial charge in [-0.25, -0.2) is 0 Å². The Kier molecular flexibility index (Phi) is 1.92. The third-order valence-electron chi connectivity index (χ3n) is 3.27. The highest BCUT2D eigenvalue weighted by molar-refractivity contribution is 4.92. The molecule has 0 radical (unpaired) electrons. The maximum Gasteiger partial charge on any atom is 0.0573 e. The van der Waals surface area contributed by atoms with Crippen LogP contribution in [-0.4, -0.2) is 11.2 Å². The molecular formula is C10H18O. The van der Waals surface area contributed by atoms with Crippen LogP contribution in [0.2, 0.25) is 0 Å². The highest BCUT2D eigenvalue weighted by Crippen LogP contribution is 2.47. The van der Waals surface area contributed by atoms with Crippen LogP contribution < -0.4 is 0 Å². The normalized spacial score (nSPS) is 38.7. The second-order valence-corrected chi connectivity index (χ2v) is 4.31. The lowest BCUT2D eigenvalue weighted by Gasteiger charge is -2.07. The van der Waals surface area contributed by atoms with Crippen LogP contribution in [0.15, 0.2) is 0 Å². The molecule has 11 heavy (non-hydrogen) atoms. The van der Waals surface area contributed by atoms with Crippen molar-refractivity contribution in [1.29, 1.82) is 0 Å². The van der Waals surface area contributed by atoms with Gasteiger partial charge in [-0.05, 0) is 30.6 Å². The predicted molar refractivity (Wildman–Crippen MR) is 45.2 cm³/mol. The molecule has 3 atom stereocenters. The lowest BCUT2D eigenvalue weighted by atomic mass is 10.1. The fraction of sp³-hybridized carbons (Fsp3) is 1.00. The van der Waals surface area contributed by atoms with E-state index in [4.69, 9.17) is 0 Å². The van der Waals surface area contributed by atoms with Crippen LogP contribution in [0, 0.1) is 17.8 Å². The van der Waals surface area contributed by atoms with Crippen LogP contribution in [0.4, 0.5) is 0 Å². The van der Waals surface area contributed by atoms with Gasteiger partial charge in [0.25, 0.3) is 0 Å². The highest BCUT2D eigenvalue weighted by atomic mass is 16.3. The van der Waals surface area contributed by atoms with E-state index < -0.39 is 0 Å². The summed E-state index contributed by atoms with van der Waals surface area (Å²) in [6.07, 6.45) is 6.46. The van der Waals surface area contributed by atoms with E-state index in [1.54, 1.807) is 0 Å². The molecule has 2 saturated carbocycles. The van der Waals surface area contributed by atoms with Crippen molar-refractivity contribution in [2.24, 2.45) is 17.8 Å². The molecule has 0 spiro atoms. The van der Waals surface area contributed by atoms with Gasteiger partial charge in [0.1, 0.15) is 0 Å². The summed E-state index contributed by atoms with van der Waals surface area (Å²) in [5.74, 6) is 2.44. The van der Waals surface area contributed by atoms with Gasteiger partial charge in [0, 0.05) is 0 Å². The molecule has 2 aliphatic carbocycles. The average Bonchev–Trinajstić information content (AvgIpc) is 2.82. The van der Waals surface area contributed by atoms with Gasteiger partial charge >= 0.3 is 0 Å². The largest absolute Gasteiger partial charge is 0.393 e. The molecule has 0 bridgehead atoms. The van der Waals surface area contributed by atoms with E-state index in [2.05, 4.69) is 6.92 Å². The Morgan fingerprint density at radius 3 is 2.64 bits per heavy atom. The summed E-state index contributed by atoms with van der Waals surface area (Å²) < 4.78 is 0. The minimum absolute atomic E-state index is 0.0486. The molecular weight excluding hydrogens is 136 g/mol. The summed E-state index contributed by atoms with van der Waals surface area (Å²) in [6.45, 7) is 2.23. The maximum absolute atomic E-state index is 9.70. The molecule has 0 aromatic heterocycles. The Hall–Kier alpha value is -0.0400.